The van der Waals surface area contributed by atoms with Crippen LogP contribution in [0, 0.1) is 0 Å². The van der Waals surface area contributed by atoms with Crippen LogP contribution in [0.25, 0.3) is 6.08 Å². The first-order valence-electron chi connectivity index (χ1n) is 8.10. The van der Waals surface area contributed by atoms with Crippen molar-refractivity contribution in [3.63, 3.8) is 0 Å². The lowest BCUT2D eigenvalue weighted by molar-refractivity contribution is -0.143. The van der Waals surface area contributed by atoms with Gasteiger partial charge in [-0.3, -0.25) is 4.79 Å². The third-order valence-corrected chi connectivity index (χ3v) is 3.99. The molecule has 1 amide bonds. The minimum Gasteiger partial charge on any atom is -0.483 e. The summed E-state index contributed by atoms with van der Waals surface area (Å²) < 4.78 is 15.5. The quantitative estimate of drug-likeness (QED) is 0.303. The summed E-state index contributed by atoms with van der Waals surface area (Å²) in [5, 5.41) is 2.70. The second-order valence-electron chi connectivity index (χ2n) is 5.43. The first kappa shape index (κ1) is 21.2. The first-order valence-corrected chi connectivity index (χ1v) is 8.89. The standard InChI is InChI=1S/C20H18BrNO6/c1-26-19(24)16(20(25)27-2)11-13-10-14(21)8-9-17(13)28-12-18(23)22-15-6-4-3-5-7-15/h3-11H,12H2,1-2H3,(H,22,23). The number of hydrogen-bond acceptors (Lipinski definition) is 6. The van der Waals surface area contributed by atoms with Gasteiger partial charge < -0.3 is 19.5 Å². The molecule has 0 spiro atoms. The molecule has 0 aliphatic carbocycles. The van der Waals surface area contributed by atoms with E-state index < -0.39 is 11.9 Å². The predicted octanol–water partition coefficient (Wildman–Crippen LogP) is 3.20. The maximum absolute atomic E-state index is 12.1. The smallest absolute Gasteiger partial charge is 0.345 e. The summed E-state index contributed by atoms with van der Waals surface area (Å²) >= 11 is 3.32. The molecule has 0 bridgehead atoms. The number of esters is 2. The van der Waals surface area contributed by atoms with Gasteiger partial charge in [0.25, 0.3) is 5.91 Å². The Hall–Kier alpha value is -3.13. The number of hydrogen-bond donors (Lipinski definition) is 1. The van der Waals surface area contributed by atoms with E-state index in [1.165, 1.54) is 6.08 Å². The van der Waals surface area contributed by atoms with Crippen LogP contribution in [0.3, 0.4) is 0 Å². The molecular weight excluding hydrogens is 430 g/mol. The van der Waals surface area contributed by atoms with Crippen LogP contribution in [-0.2, 0) is 23.9 Å². The molecule has 2 aromatic rings. The summed E-state index contributed by atoms with van der Waals surface area (Å²) in [6.45, 7) is -0.261. The predicted molar refractivity (Wildman–Crippen MR) is 107 cm³/mol. The van der Waals surface area contributed by atoms with Crippen LogP contribution < -0.4 is 10.1 Å². The molecular formula is C20H18BrNO6. The first-order chi connectivity index (χ1) is 13.4. The lowest BCUT2D eigenvalue weighted by Gasteiger charge is -2.11. The van der Waals surface area contributed by atoms with Gasteiger partial charge in [0.2, 0.25) is 0 Å². The highest BCUT2D eigenvalue weighted by atomic mass is 79.9. The van der Waals surface area contributed by atoms with E-state index in [2.05, 4.69) is 30.7 Å². The van der Waals surface area contributed by atoms with E-state index in [1.807, 2.05) is 6.07 Å². The van der Waals surface area contributed by atoms with Crippen molar-refractivity contribution in [2.24, 2.45) is 0 Å². The number of para-hydroxylation sites is 1. The molecule has 0 fully saturated rings. The van der Waals surface area contributed by atoms with Crippen LogP contribution in [0.5, 0.6) is 5.75 Å². The van der Waals surface area contributed by atoms with Gasteiger partial charge in [-0.15, -0.1) is 0 Å². The van der Waals surface area contributed by atoms with E-state index in [0.29, 0.717) is 21.5 Å². The van der Waals surface area contributed by atoms with Crippen molar-refractivity contribution in [3.05, 3.63) is 64.1 Å². The fourth-order valence-corrected chi connectivity index (χ4v) is 2.58. The van der Waals surface area contributed by atoms with E-state index in [0.717, 1.165) is 14.2 Å². The average molecular weight is 448 g/mol. The van der Waals surface area contributed by atoms with E-state index in [-0.39, 0.29) is 18.1 Å². The van der Waals surface area contributed by atoms with Crippen molar-refractivity contribution in [3.8, 4) is 5.75 Å². The van der Waals surface area contributed by atoms with Gasteiger partial charge in [-0.1, -0.05) is 34.1 Å². The normalized spacial score (nSPS) is 9.82. The highest BCUT2D eigenvalue weighted by molar-refractivity contribution is 9.10. The molecule has 0 atom stereocenters. The Bertz CT molecular complexity index is 877. The molecule has 0 aliphatic heterocycles. The maximum atomic E-state index is 12.1. The summed E-state index contributed by atoms with van der Waals surface area (Å²) in [6.07, 6.45) is 1.28. The van der Waals surface area contributed by atoms with Crippen molar-refractivity contribution >= 4 is 45.5 Å². The van der Waals surface area contributed by atoms with Gasteiger partial charge in [0, 0.05) is 15.7 Å². The van der Waals surface area contributed by atoms with Crippen molar-refractivity contribution in [2.45, 2.75) is 0 Å². The molecule has 0 aromatic heterocycles. The molecule has 0 radical (unpaired) electrons. The number of carbonyl (C=O) groups is 3. The molecule has 8 heteroatoms. The molecule has 146 valence electrons. The van der Waals surface area contributed by atoms with Crippen molar-refractivity contribution in [2.75, 3.05) is 26.1 Å². The van der Waals surface area contributed by atoms with Gasteiger partial charge in [0.05, 0.1) is 14.2 Å². The van der Waals surface area contributed by atoms with Gasteiger partial charge in [0.1, 0.15) is 11.3 Å². The minimum absolute atomic E-state index is 0.261. The van der Waals surface area contributed by atoms with E-state index in [1.54, 1.807) is 42.5 Å². The molecule has 7 nitrogen and oxygen atoms in total. The van der Waals surface area contributed by atoms with Gasteiger partial charge >= 0.3 is 11.9 Å². The van der Waals surface area contributed by atoms with Gasteiger partial charge in [-0.25, -0.2) is 9.59 Å². The second-order valence-corrected chi connectivity index (χ2v) is 6.34. The molecule has 0 saturated carbocycles. The minimum atomic E-state index is -0.848. The van der Waals surface area contributed by atoms with Crippen molar-refractivity contribution in [1.82, 2.24) is 0 Å². The number of methoxy groups -OCH3 is 2. The summed E-state index contributed by atoms with van der Waals surface area (Å²) in [7, 11) is 2.32. The second kappa shape index (κ2) is 10.3. The van der Waals surface area contributed by atoms with E-state index in [4.69, 9.17) is 4.74 Å². The van der Waals surface area contributed by atoms with Gasteiger partial charge in [-0.05, 0) is 36.4 Å². The third kappa shape index (κ3) is 5.95. The van der Waals surface area contributed by atoms with Crippen LogP contribution in [0.15, 0.2) is 58.6 Å². The fourth-order valence-electron chi connectivity index (χ4n) is 2.20. The molecule has 1 N–H and O–H groups in total. The number of ether oxygens (including phenoxy) is 3. The highest BCUT2D eigenvalue weighted by Crippen LogP contribution is 2.26. The monoisotopic (exact) mass is 447 g/mol. The Kier molecular flexibility index (Phi) is 7.76. The zero-order valence-corrected chi connectivity index (χ0v) is 16.8. The van der Waals surface area contributed by atoms with Crippen LogP contribution in [0.1, 0.15) is 5.56 Å². The molecule has 0 aliphatic rings. The number of halogens is 1. The van der Waals surface area contributed by atoms with Crippen molar-refractivity contribution in [1.29, 1.82) is 0 Å². The number of nitrogens with one attached hydrogen (secondary N) is 1. The van der Waals surface area contributed by atoms with Crippen LogP contribution in [0.2, 0.25) is 0 Å². The number of anilines is 1. The summed E-state index contributed by atoms with van der Waals surface area (Å²) in [4.78, 5) is 35.8. The number of amides is 1. The van der Waals surface area contributed by atoms with Crippen LogP contribution in [-0.4, -0.2) is 38.7 Å². The maximum Gasteiger partial charge on any atom is 0.345 e. The topological polar surface area (TPSA) is 90.9 Å². The molecule has 2 aromatic carbocycles. The SMILES string of the molecule is COC(=O)C(=Cc1cc(Br)ccc1OCC(=O)Nc1ccccc1)C(=O)OC. The average Bonchev–Trinajstić information content (AvgIpc) is 2.71. The molecule has 28 heavy (non-hydrogen) atoms. The Balaban J connectivity index is 2.21. The molecule has 0 unspecified atom stereocenters. The Morgan fingerprint density at radius 1 is 1.00 bits per heavy atom. The fraction of sp³-hybridized carbons (Fsp3) is 0.150. The number of benzene rings is 2. The molecule has 0 saturated heterocycles. The third-order valence-electron chi connectivity index (χ3n) is 3.50. The number of rotatable bonds is 7. The number of carbonyl (C=O) groups excluding carboxylic acids is 3. The van der Waals surface area contributed by atoms with Gasteiger partial charge in [-0.2, -0.15) is 0 Å². The summed E-state index contributed by atoms with van der Waals surface area (Å²) in [6, 6.07) is 13.9. The molecule has 2 rings (SSSR count). The Labute approximate surface area is 170 Å². The zero-order chi connectivity index (χ0) is 20.5. The van der Waals surface area contributed by atoms with E-state index >= 15 is 0 Å². The Morgan fingerprint density at radius 2 is 1.64 bits per heavy atom. The van der Waals surface area contributed by atoms with Crippen LogP contribution >= 0.6 is 15.9 Å². The molecule has 0 heterocycles. The van der Waals surface area contributed by atoms with Crippen LogP contribution in [0.4, 0.5) is 5.69 Å². The van der Waals surface area contributed by atoms with Gasteiger partial charge in [0.15, 0.2) is 6.61 Å². The zero-order valence-electron chi connectivity index (χ0n) is 15.2. The largest absolute Gasteiger partial charge is 0.483 e. The highest BCUT2D eigenvalue weighted by Gasteiger charge is 2.21. The summed E-state index contributed by atoms with van der Waals surface area (Å²) in [5.74, 6) is -1.75. The van der Waals surface area contributed by atoms with E-state index in [9.17, 15) is 14.4 Å². The lowest BCUT2D eigenvalue weighted by Crippen LogP contribution is -2.20. The van der Waals surface area contributed by atoms with Crippen molar-refractivity contribution < 1.29 is 28.6 Å². The lowest BCUT2D eigenvalue weighted by atomic mass is 10.1. The summed E-state index contributed by atoms with van der Waals surface area (Å²) in [5.41, 5.74) is 0.736. The Morgan fingerprint density at radius 3 is 2.25 bits per heavy atom.